The molecule has 0 saturated carbocycles. The van der Waals surface area contributed by atoms with Gasteiger partial charge in [-0.2, -0.15) is 0 Å². The van der Waals surface area contributed by atoms with Crippen molar-refractivity contribution in [3.05, 3.63) is 16.5 Å². The molecule has 4 heteroatoms. The van der Waals surface area contributed by atoms with Crippen LogP contribution in [-0.4, -0.2) is 11.7 Å². The van der Waals surface area contributed by atoms with Gasteiger partial charge in [-0.25, -0.2) is 4.79 Å². The molecule has 0 aliphatic carbocycles. The molecule has 1 rings (SSSR count). The lowest BCUT2D eigenvalue weighted by atomic mass is 10.2. The van der Waals surface area contributed by atoms with Crippen molar-refractivity contribution in [3.63, 3.8) is 0 Å². The van der Waals surface area contributed by atoms with E-state index in [9.17, 15) is 4.79 Å². The number of aryl methyl sites for hydroxylation is 2. The van der Waals surface area contributed by atoms with Crippen LogP contribution < -0.4 is 5.32 Å². The summed E-state index contributed by atoms with van der Waals surface area (Å²) in [6.07, 6.45) is -0.399. The fraction of sp³-hybridized carbons (Fsp3) is 0.545. The fourth-order valence-corrected chi connectivity index (χ4v) is 1.96. The molecule has 3 nitrogen and oxygen atoms in total. The fourth-order valence-electron chi connectivity index (χ4n) is 1.04. The molecule has 1 aromatic heterocycles. The van der Waals surface area contributed by atoms with Crippen LogP contribution in [0.25, 0.3) is 0 Å². The minimum absolute atomic E-state index is 0.399. The van der Waals surface area contributed by atoms with Gasteiger partial charge in [-0.05, 0) is 46.2 Å². The average molecular weight is 227 g/mol. The lowest BCUT2D eigenvalue weighted by molar-refractivity contribution is 0.0636. The summed E-state index contributed by atoms with van der Waals surface area (Å²) in [7, 11) is 0. The topological polar surface area (TPSA) is 38.3 Å². The number of rotatable bonds is 1. The molecule has 1 amide bonds. The molecule has 0 saturated heterocycles. The number of anilines is 1. The van der Waals surface area contributed by atoms with Crippen LogP contribution in [0.3, 0.4) is 0 Å². The van der Waals surface area contributed by atoms with Crippen LogP contribution in [0, 0.1) is 13.8 Å². The first kappa shape index (κ1) is 12.0. The Hall–Kier alpha value is -1.03. The van der Waals surface area contributed by atoms with E-state index < -0.39 is 11.7 Å². The van der Waals surface area contributed by atoms with Gasteiger partial charge in [-0.15, -0.1) is 11.3 Å². The van der Waals surface area contributed by atoms with E-state index in [-0.39, 0.29) is 0 Å². The molecule has 0 radical (unpaired) electrons. The lowest BCUT2D eigenvalue weighted by Gasteiger charge is -2.19. The zero-order valence-corrected chi connectivity index (χ0v) is 10.6. The number of hydrogen-bond acceptors (Lipinski definition) is 3. The van der Waals surface area contributed by atoms with Gasteiger partial charge in [0, 0.05) is 4.88 Å². The number of amides is 1. The summed E-state index contributed by atoms with van der Waals surface area (Å²) in [4.78, 5) is 12.6. The Kier molecular flexibility index (Phi) is 3.39. The number of hydrogen-bond donors (Lipinski definition) is 1. The van der Waals surface area contributed by atoms with E-state index in [1.54, 1.807) is 11.3 Å². The van der Waals surface area contributed by atoms with Crippen LogP contribution in [-0.2, 0) is 4.74 Å². The van der Waals surface area contributed by atoms with Crippen LogP contribution in [0.2, 0.25) is 0 Å². The molecule has 84 valence electrons. The molecule has 0 aromatic carbocycles. The maximum Gasteiger partial charge on any atom is 0.412 e. The van der Waals surface area contributed by atoms with E-state index in [1.807, 2.05) is 40.7 Å². The molecule has 0 bridgehead atoms. The Morgan fingerprint density at radius 2 is 2.00 bits per heavy atom. The summed E-state index contributed by atoms with van der Waals surface area (Å²) in [5, 5.41) is 3.55. The maximum absolute atomic E-state index is 11.4. The van der Waals surface area contributed by atoms with Crippen molar-refractivity contribution in [3.8, 4) is 0 Å². The number of nitrogens with one attached hydrogen (secondary N) is 1. The van der Waals surface area contributed by atoms with Gasteiger partial charge < -0.3 is 4.74 Å². The average Bonchev–Trinajstić information content (AvgIpc) is 2.26. The number of thiophene rings is 1. The Labute approximate surface area is 94.5 Å². The van der Waals surface area contributed by atoms with E-state index >= 15 is 0 Å². The van der Waals surface area contributed by atoms with Crippen molar-refractivity contribution in [1.29, 1.82) is 0 Å². The van der Waals surface area contributed by atoms with Crippen LogP contribution in [0.1, 0.15) is 31.2 Å². The van der Waals surface area contributed by atoms with E-state index in [0.717, 1.165) is 5.00 Å². The van der Waals surface area contributed by atoms with Crippen molar-refractivity contribution in [2.75, 3.05) is 5.32 Å². The van der Waals surface area contributed by atoms with E-state index in [1.165, 1.54) is 10.4 Å². The van der Waals surface area contributed by atoms with Gasteiger partial charge in [0.1, 0.15) is 5.60 Å². The first-order chi connectivity index (χ1) is 6.78. The highest BCUT2D eigenvalue weighted by Crippen LogP contribution is 2.25. The third-order valence-electron chi connectivity index (χ3n) is 1.79. The van der Waals surface area contributed by atoms with Crippen LogP contribution in [0.4, 0.5) is 9.80 Å². The van der Waals surface area contributed by atoms with Crippen molar-refractivity contribution in [2.45, 2.75) is 40.2 Å². The van der Waals surface area contributed by atoms with Crippen molar-refractivity contribution >= 4 is 22.4 Å². The highest BCUT2D eigenvalue weighted by atomic mass is 32.1. The highest BCUT2D eigenvalue weighted by molar-refractivity contribution is 7.16. The van der Waals surface area contributed by atoms with Gasteiger partial charge in [0.25, 0.3) is 0 Å². The lowest BCUT2D eigenvalue weighted by Crippen LogP contribution is -2.26. The molecule has 0 aliphatic rings. The van der Waals surface area contributed by atoms with E-state index in [0.29, 0.717) is 0 Å². The minimum Gasteiger partial charge on any atom is -0.444 e. The van der Waals surface area contributed by atoms with Crippen LogP contribution in [0.5, 0.6) is 0 Å². The number of ether oxygens (including phenoxy) is 1. The smallest absolute Gasteiger partial charge is 0.412 e. The Bertz CT molecular complexity index is 344. The summed E-state index contributed by atoms with van der Waals surface area (Å²) in [6, 6.07) is 1.95. The number of carbonyl (C=O) groups excluding carboxylic acids is 1. The Balaban J connectivity index is 2.59. The van der Waals surface area contributed by atoms with E-state index in [4.69, 9.17) is 4.74 Å². The third kappa shape index (κ3) is 3.91. The second kappa shape index (κ2) is 4.23. The molecule has 0 fully saturated rings. The normalized spacial score (nSPS) is 11.3. The first-order valence-electron chi connectivity index (χ1n) is 4.85. The quantitative estimate of drug-likeness (QED) is 0.794. The molecular weight excluding hydrogens is 210 g/mol. The second-order valence-electron chi connectivity index (χ2n) is 4.48. The van der Waals surface area contributed by atoms with E-state index in [2.05, 4.69) is 5.32 Å². The summed E-state index contributed by atoms with van der Waals surface area (Å²) >= 11 is 1.56. The molecule has 1 heterocycles. The predicted octanol–water partition coefficient (Wildman–Crippen LogP) is 3.71. The van der Waals surface area contributed by atoms with Crippen LogP contribution >= 0.6 is 11.3 Å². The predicted molar refractivity (Wildman–Crippen MR) is 63.6 cm³/mol. The van der Waals surface area contributed by atoms with Crippen LogP contribution in [0.15, 0.2) is 6.07 Å². The largest absolute Gasteiger partial charge is 0.444 e. The van der Waals surface area contributed by atoms with Gasteiger partial charge >= 0.3 is 6.09 Å². The molecule has 0 aliphatic heterocycles. The van der Waals surface area contributed by atoms with Gasteiger partial charge in [-0.1, -0.05) is 0 Å². The first-order valence-corrected chi connectivity index (χ1v) is 5.66. The molecule has 0 atom stereocenters. The molecule has 1 N–H and O–H groups in total. The van der Waals surface area contributed by atoms with Gasteiger partial charge in [-0.3, -0.25) is 5.32 Å². The molecular formula is C11H17NO2S. The third-order valence-corrected chi connectivity index (χ3v) is 2.86. The standard InChI is InChI=1S/C11H17NO2S/c1-7-6-9(15-8(7)2)12-10(13)14-11(3,4)5/h6H,1-5H3,(H,12,13). The number of carbonyl (C=O) groups is 1. The maximum atomic E-state index is 11.4. The molecule has 0 spiro atoms. The zero-order valence-electron chi connectivity index (χ0n) is 9.80. The molecule has 0 unspecified atom stereocenters. The minimum atomic E-state index is -0.453. The summed E-state index contributed by atoms with van der Waals surface area (Å²) in [5.74, 6) is 0. The highest BCUT2D eigenvalue weighted by Gasteiger charge is 2.16. The SMILES string of the molecule is Cc1cc(NC(=O)OC(C)(C)C)sc1C. The van der Waals surface area contributed by atoms with Gasteiger partial charge in [0.2, 0.25) is 0 Å². The Morgan fingerprint density at radius 3 is 2.40 bits per heavy atom. The molecule has 1 aromatic rings. The summed E-state index contributed by atoms with van der Waals surface area (Å²) < 4.78 is 5.15. The Morgan fingerprint density at radius 1 is 1.40 bits per heavy atom. The van der Waals surface area contributed by atoms with Gasteiger partial charge in [0.15, 0.2) is 0 Å². The van der Waals surface area contributed by atoms with Gasteiger partial charge in [0.05, 0.1) is 5.00 Å². The zero-order chi connectivity index (χ0) is 11.6. The second-order valence-corrected chi connectivity index (χ2v) is 5.73. The summed E-state index contributed by atoms with van der Waals surface area (Å²) in [6.45, 7) is 9.58. The van der Waals surface area contributed by atoms with Crippen molar-refractivity contribution < 1.29 is 9.53 Å². The monoisotopic (exact) mass is 227 g/mol. The van der Waals surface area contributed by atoms with Crippen molar-refractivity contribution in [1.82, 2.24) is 0 Å². The summed E-state index contributed by atoms with van der Waals surface area (Å²) in [5.41, 5.74) is 0.733. The molecule has 15 heavy (non-hydrogen) atoms. The van der Waals surface area contributed by atoms with Crippen molar-refractivity contribution in [2.24, 2.45) is 0 Å².